The van der Waals surface area contributed by atoms with Crippen LogP contribution in [-0.2, 0) is 16.8 Å². The predicted octanol–water partition coefficient (Wildman–Crippen LogP) is 4.22. The second-order valence-electron chi connectivity index (χ2n) is 8.06. The molecule has 2 N–H and O–H groups in total. The third kappa shape index (κ3) is 3.67. The van der Waals surface area contributed by atoms with E-state index in [2.05, 4.69) is 18.2 Å². The number of hydrogen-bond acceptors (Lipinski definition) is 4. The van der Waals surface area contributed by atoms with E-state index >= 15 is 0 Å². The van der Waals surface area contributed by atoms with Gasteiger partial charge in [-0.2, -0.15) is 0 Å². The van der Waals surface area contributed by atoms with Gasteiger partial charge in [-0.1, -0.05) is 35.9 Å². The number of ether oxygens (including phenoxy) is 2. The molecule has 0 aliphatic carbocycles. The zero-order valence-corrected chi connectivity index (χ0v) is 16.9. The molecule has 2 fully saturated rings. The van der Waals surface area contributed by atoms with Crippen LogP contribution < -0.4 is 4.74 Å². The molecule has 0 radical (unpaired) electrons. The van der Waals surface area contributed by atoms with E-state index in [1.54, 1.807) is 0 Å². The summed E-state index contributed by atoms with van der Waals surface area (Å²) in [6.45, 7) is 2.56. The number of aliphatic hydroxyl groups is 2. The van der Waals surface area contributed by atoms with Crippen LogP contribution in [0.15, 0.2) is 42.5 Å². The molecule has 4 rings (SSSR count). The summed E-state index contributed by atoms with van der Waals surface area (Å²) in [6.07, 6.45) is 2.86. The van der Waals surface area contributed by atoms with Gasteiger partial charge in [0.2, 0.25) is 0 Å². The van der Waals surface area contributed by atoms with Crippen LogP contribution in [0, 0.1) is 0 Å². The molecule has 3 atom stereocenters. The lowest BCUT2D eigenvalue weighted by atomic mass is 9.84. The van der Waals surface area contributed by atoms with E-state index in [1.807, 2.05) is 31.2 Å². The van der Waals surface area contributed by atoms with E-state index in [1.165, 1.54) is 0 Å². The van der Waals surface area contributed by atoms with Gasteiger partial charge in [-0.15, -0.1) is 0 Å². The summed E-state index contributed by atoms with van der Waals surface area (Å²) >= 11 is 6.49. The average molecular weight is 403 g/mol. The maximum absolute atomic E-state index is 10.4. The lowest BCUT2D eigenvalue weighted by molar-refractivity contribution is -0.190. The molecule has 4 nitrogen and oxygen atoms in total. The van der Waals surface area contributed by atoms with Gasteiger partial charge in [-0.3, -0.25) is 0 Å². The molecule has 0 saturated carbocycles. The van der Waals surface area contributed by atoms with Crippen molar-refractivity contribution in [1.29, 1.82) is 0 Å². The third-order valence-electron chi connectivity index (χ3n) is 6.06. The van der Waals surface area contributed by atoms with Crippen LogP contribution in [0.5, 0.6) is 5.75 Å². The SMILES string of the molecule is CCOc1ccc(Cc2cc([C@@]34CC[C@@](CO)(C[C@H](O)C3)O4)ccc2Cl)cc1. The molecular formula is C23H27ClO4. The molecule has 2 bridgehead atoms. The maximum atomic E-state index is 10.4. The Morgan fingerprint density at radius 1 is 1.14 bits per heavy atom. The minimum absolute atomic E-state index is 0.0571. The molecule has 28 heavy (non-hydrogen) atoms. The van der Waals surface area contributed by atoms with Gasteiger partial charge < -0.3 is 19.7 Å². The number of halogens is 1. The molecule has 0 amide bonds. The first-order valence-electron chi connectivity index (χ1n) is 9.97. The second-order valence-corrected chi connectivity index (χ2v) is 8.47. The summed E-state index contributed by atoms with van der Waals surface area (Å²) in [5.74, 6) is 0.862. The van der Waals surface area contributed by atoms with Crippen LogP contribution in [-0.4, -0.2) is 35.1 Å². The first-order valence-corrected chi connectivity index (χ1v) is 10.4. The Morgan fingerprint density at radius 3 is 2.64 bits per heavy atom. The molecule has 2 aromatic carbocycles. The van der Waals surface area contributed by atoms with Crippen LogP contribution in [0.1, 0.15) is 49.3 Å². The lowest BCUT2D eigenvalue weighted by Gasteiger charge is -2.42. The van der Waals surface area contributed by atoms with Gasteiger partial charge in [0.15, 0.2) is 0 Å². The summed E-state index contributed by atoms with van der Waals surface area (Å²) < 4.78 is 11.9. The highest BCUT2D eigenvalue weighted by molar-refractivity contribution is 6.31. The molecule has 0 aromatic heterocycles. The first kappa shape index (κ1) is 19.7. The van der Waals surface area contributed by atoms with Gasteiger partial charge >= 0.3 is 0 Å². The Balaban J connectivity index is 1.60. The van der Waals surface area contributed by atoms with E-state index in [0.29, 0.717) is 25.9 Å². The van der Waals surface area contributed by atoms with Crippen molar-refractivity contribution in [3.05, 3.63) is 64.2 Å². The summed E-state index contributed by atoms with van der Waals surface area (Å²) in [5, 5.41) is 21.0. The molecular weight excluding hydrogens is 376 g/mol. The Kier molecular flexibility index (Phi) is 5.41. The monoisotopic (exact) mass is 402 g/mol. The zero-order chi connectivity index (χ0) is 19.8. The Morgan fingerprint density at radius 2 is 1.93 bits per heavy atom. The van der Waals surface area contributed by atoms with E-state index in [-0.39, 0.29) is 6.61 Å². The van der Waals surface area contributed by atoms with Crippen molar-refractivity contribution in [2.45, 2.75) is 56.3 Å². The van der Waals surface area contributed by atoms with Crippen LogP contribution in [0.2, 0.25) is 5.02 Å². The lowest BCUT2D eigenvalue weighted by Crippen LogP contribution is -2.46. The third-order valence-corrected chi connectivity index (χ3v) is 6.43. The standard InChI is InChI=1S/C23H27ClO4/c1-2-27-20-6-3-16(4-7-20)11-17-12-18(5-8-21(17)24)23-10-9-22(15-25,28-23)13-19(26)14-23/h3-8,12,19,25-26H,2,9-11,13-15H2,1H3/t19-,22-,23+/m0/s1. The molecule has 2 saturated heterocycles. The molecule has 2 aliphatic heterocycles. The molecule has 0 spiro atoms. The molecule has 0 unspecified atom stereocenters. The average Bonchev–Trinajstić information content (AvgIpc) is 2.98. The number of rotatable bonds is 6. The second kappa shape index (κ2) is 7.68. The van der Waals surface area contributed by atoms with Crippen molar-refractivity contribution in [1.82, 2.24) is 0 Å². The normalized spacial score (nSPS) is 29.1. The van der Waals surface area contributed by atoms with Gasteiger partial charge in [0.05, 0.1) is 30.5 Å². The van der Waals surface area contributed by atoms with Gasteiger partial charge in [-0.05, 0) is 61.1 Å². The summed E-state index contributed by atoms with van der Waals surface area (Å²) in [5.41, 5.74) is 2.06. The fraction of sp³-hybridized carbons (Fsp3) is 0.478. The number of benzene rings is 2. The van der Waals surface area contributed by atoms with Crippen molar-refractivity contribution in [2.24, 2.45) is 0 Å². The quantitative estimate of drug-likeness (QED) is 0.759. The van der Waals surface area contributed by atoms with Crippen LogP contribution in [0.4, 0.5) is 0 Å². The molecule has 2 aromatic rings. The van der Waals surface area contributed by atoms with Gasteiger partial charge in [0.25, 0.3) is 0 Å². The van der Waals surface area contributed by atoms with Gasteiger partial charge in [-0.25, -0.2) is 0 Å². The number of aliphatic hydroxyl groups excluding tert-OH is 2. The minimum atomic E-state index is -0.618. The predicted molar refractivity (Wildman–Crippen MR) is 109 cm³/mol. The van der Waals surface area contributed by atoms with E-state index in [9.17, 15) is 10.2 Å². The highest BCUT2D eigenvalue weighted by Gasteiger charge is 2.55. The van der Waals surface area contributed by atoms with Gasteiger partial charge in [0.1, 0.15) is 5.75 Å². The highest BCUT2D eigenvalue weighted by atomic mass is 35.5. The van der Waals surface area contributed by atoms with Crippen molar-refractivity contribution < 1.29 is 19.7 Å². The first-order chi connectivity index (χ1) is 13.5. The van der Waals surface area contributed by atoms with E-state index in [4.69, 9.17) is 21.1 Å². The molecule has 2 heterocycles. The molecule has 2 aliphatic rings. The highest BCUT2D eigenvalue weighted by Crippen LogP contribution is 2.53. The maximum Gasteiger partial charge on any atom is 0.119 e. The number of hydrogen-bond donors (Lipinski definition) is 2. The van der Waals surface area contributed by atoms with E-state index < -0.39 is 17.3 Å². The minimum Gasteiger partial charge on any atom is -0.494 e. The van der Waals surface area contributed by atoms with Crippen LogP contribution in [0.25, 0.3) is 0 Å². The summed E-state index contributed by atoms with van der Waals surface area (Å²) in [7, 11) is 0. The fourth-order valence-electron chi connectivity index (χ4n) is 4.70. The van der Waals surface area contributed by atoms with Crippen molar-refractivity contribution in [3.8, 4) is 5.75 Å². The Labute approximate surface area is 171 Å². The van der Waals surface area contributed by atoms with Gasteiger partial charge in [0, 0.05) is 17.9 Å². The summed E-state index contributed by atoms with van der Waals surface area (Å²) in [4.78, 5) is 0. The van der Waals surface area contributed by atoms with Crippen LogP contribution in [0.3, 0.4) is 0 Å². The van der Waals surface area contributed by atoms with Crippen LogP contribution >= 0.6 is 11.6 Å². The van der Waals surface area contributed by atoms with Crippen molar-refractivity contribution in [2.75, 3.05) is 13.2 Å². The Hall–Kier alpha value is -1.59. The molecule has 5 heteroatoms. The molecule has 150 valence electrons. The number of fused-ring (bicyclic) bond motifs is 2. The zero-order valence-electron chi connectivity index (χ0n) is 16.2. The summed E-state index contributed by atoms with van der Waals surface area (Å²) in [6, 6.07) is 14.1. The topological polar surface area (TPSA) is 58.9 Å². The van der Waals surface area contributed by atoms with Crippen molar-refractivity contribution >= 4 is 11.6 Å². The largest absolute Gasteiger partial charge is 0.494 e. The fourth-order valence-corrected chi connectivity index (χ4v) is 4.88. The Bertz CT molecular complexity index is 837. The smallest absolute Gasteiger partial charge is 0.119 e. The van der Waals surface area contributed by atoms with E-state index in [0.717, 1.165) is 40.3 Å². The van der Waals surface area contributed by atoms with Crippen molar-refractivity contribution in [3.63, 3.8) is 0 Å².